The SMILES string of the molecule is Cc1ccnc(NCC(F)(F)CN)c1[N+](=O)[O-]. The van der Waals surface area contributed by atoms with Gasteiger partial charge in [-0.1, -0.05) is 0 Å². The van der Waals surface area contributed by atoms with Crippen molar-refractivity contribution >= 4 is 11.5 Å². The van der Waals surface area contributed by atoms with E-state index in [-0.39, 0.29) is 11.5 Å². The smallest absolute Gasteiger partial charge is 0.314 e. The molecule has 1 rings (SSSR count). The molecule has 1 aromatic heterocycles. The van der Waals surface area contributed by atoms with Crippen LogP contribution in [0.3, 0.4) is 0 Å². The second-order valence-electron chi connectivity index (χ2n) is 3.50. The zero-order valence-corrected chi connectivity index (χ0v) is 9.11. The lowest BCUT2D eigenvalue weighted by Gasteiger charge is -2.15. The van der Waals surface area contributed by atoms with E-state index in [0.29, 0.717) is 5.56 Å². The third-order valence-corrected chi connectivity index (χ3v) is 2.12. The quantitative estimate of drug-likeness (QED) is 0.603. The number of aromatic nitrogens is 1. The van der Waals surface area contributed by atoms with Crippen molar-refractivity contribution in [3.05, 3.63) is 27.9 Å². The molecular formula is C9H12F2N4O2. The molecule has 0 bridgehead atoms. The summed E-state index contributed by atoms with van der Waals surface area (Å²) >= 11 is 0. The van der Waals surface area contributed by atoms with Gasteiger partial charge in [-0.2, -0.15) is 0 Å². The van der Waals surface area contributed by atoms with Crippen LogP contribution in [0.15, 0.2) is 12.3 Å². The Morgan fingerprint density at radius 3 is 2.82 bits per heavy atom. The van der Waals surface area contributed by atoms with E-state index in [1.165, 1.54) is 19.2 Å². The van der Waals surface area contributed by atoms with Crippen molar-refractivity contribution < 1.29 is 13.7 Å². The molecule has 0 saturated heterocycles. The summed E-state index contributed by atoms with van der Waals surface area (Å²) in [5, 5.41) is 13.0. The lowest BCUT2D eigenvalue weighted by atomic mass is 10.2. The Balaban J connectivity index is 2.92. The maximum Gasteiger partial charge on any atom is 0.314 e. The molecule has 0 unspecified atom stereocenters. The van der Waals surface area contributed by atoms with Crippen LogP contribution >= 0.6 is 0 Å². The van der Waals surface area contributed by atoms with Crippen LogP contribution in [0.25, 0.3) is 0 Å². The summed E-state index contributed by atoms with van der Waals surface area (Å²) in [6.07, 6.45) is 1.31. The molecule has 0 aliphatic heterocycles. The minimum Gasteiger partial charge on any atom is -0.358 e. The van der Waals surface area contributed by atoms with E-state index in [1.807, 2.05) is 0 Å². The first kappa shape index (κ1) is 13.2. The van der Waals surface area contributed by atoms with Crippen LogP contribution in [0.1, 0.15) is 5.56 Å². The van der Waals surface area contributed by atoms with E-state index in [4.69, 9.17) is 5.73 Å². The standard InChI is InChI=1S/C9H12F2N4O2/c1-6-2-3-13-8(7(6)15(16)17)14-5-9(10,11)4-12/h2-3H,4-5,12H2,1H3,(H,13,14). The zero-order valence-electron chi connectivity index (χ0n) is 9.11. The molecule has 1 heterocycles. The first-order valence-electron chi connectivity index (χ1n) is 4.79. The van der Waals surface area contributed by atoms with Crippen molar-refractivity contribution in [1.82, 2.24) is 4.98 Å². The fraction of sp³-hybridized carbons (Fsp3) is 0.444. The van der Waals surface area contributed by atoms with Crippen LogP contribution < -0.4 is 11.1 Å². The van der Waals surface area contributed by atoms with Gasteiger partial charge in [0.2, 0.25) is 5.82 Å². The molecule has 0 spiro atoms. The second-order valence-corrected chi connectivity index (χ2v) is 3.50. The monoisotopic (exact) mass is 246 g/mol. The van der Waals surface area contributed by atoms with Crippen molar-refractivity contribution in [2.45, 2.75) is 12.8 Å². The minimum absolute atomic E-state index is 0.178. The van der Waals surface area contributed by atoms with Gasteiger partial charge in [-0.15, -0.1) is 0 Å². The van der Waals surface area contributed by atoms with E-state index in [0.717, 1.165) is 0 Å². The Labute approximate surface area is 96.0 Å². The van der Waals surface area contributed by atoms with E-state index < -0.39 is 23.9 Å². The van der Waals surface area contributed by atoms with Gasteiger partial charge in [0.15, 0.2) is 0 Å². The molecule has 17 heavy (non-hydrogen) atoms. The summed E-state index contributed by atoms with van der Waals surface area (Å²) in [5.74, 6) is -3.30. The topological polar surface area (TPSA) is 94.1 Å². The fourth-order valence-electron chi connectivity index (χ4n) is 1.20. The van der Waals surface area contributed by atoms with Crippen molar-refractivity contribution in [3.63, 3.8) is 0 Å². The summed E-state index contributed by atoms with van der Waals surface area (Å²) in [5.41, 5.74) is 4.90. The molecule has 3 N–H and O–H groups in total. The lowest BCUT2D eigenvalue weighted by molar-refractivity contribution is -0.384. The molecule has 0 aliphatic carbocycles. The van der Waals surface area contributed by atoms with Gasteiger partial charge < -0.3 is 11.1 Å². The number of pyridine rings is 1. The molecular weight excluding hydrogens is 234 g/mol. The summed E-state index contributed by atoms with van der Waals surface area (Å²) in [6, 6.07) is 1.43. The van der Waals surface area contributed by atoms with Gasteiger partial charge in [0, 0.05) is 11.8 Å². The average Bonchev–Trinajstić information content (AvgIpc) is 2.26. The van der Waals surface area contributed by atoms with Crippen molar-refractivity contribution in [2.75, 3.05) is 18.4 Å². The third-order valence-electron chi connectivity index (χ3n) is 2.12. The van der Waals surface area contributed by atoms with Crippen molar-refractivity contribution in [1.29, 1.82) is 0 Å². The second kappa shape index (κ2) is 5.00. The van der Waals surface area contributed by atoms with Crippen LogP contribution in [-0.4, -0.2) is 28.9 Å². The molecule has 6 nitrogen and oxygen atoms in total. The maximum absolute atomic E-state index is 12.9. The zero-order chi connectivity index (χ0) is 13.1. The van der Waals surface area contributed by atoms with Gasteiger partial charge >= 0.3 is 5.69 Å². The minimum atomic E-state index is -3.13. The fourth-order valence-corrected chi connectivity index (χ4v) is 1.20. The first-order chi connectivity index (χ1) is 7.87. The molecule has 0 saturated carbocycles. The third kappa shape index (κ3) is 3.31. The van der Waals surface area contributed by atoms with Gasteiger partial charge in [0.1, 0.15) is 0 Å². The molecule has 0 aliphatic rings. The number of rotatable bonds is 5. The Morgan fingerprint density at radius 2 is 2.29 bits per heavy atom. The molecule has 8 heteroatoms. The molecule has 0 radical (unpaired) electrons. The van der Waals surface area contributed by atoms with E-state index in [2.05, 4.69) is 10.3 Å². The molecule has 1 aromatic rings. The van der Waals surface area contributed by atoms with Gasteiger partial charge in [0.05, 0.1) is 18.0 Å². The van der Waals surface area contributed by atoms with Gasteiger partial charge in [-0.25, -0.2) is 13.8 Å². The van der Waals surface area contributed by atoms with Crippen LogP contribution in [0, 0.1) is 17.0 Å². The van der Waals surface area contributed by atoms with Crippen molar-refractivity contribution in [3.8, 4) is 0 Å². The number of nitrogens with zero attached hydrogens (tertiary/aromatic N) is 2. The number of halogens is 2. The van der Waals surface area contributed by atoms with Crippen LogP contribution in [0.4, 0.5) is 20.3 Å². The number of nitrogens with two attached hydrogens (primary N) is 1. The first-order valence-corrected chi connectivity index (χ1v) is 4.79. The predicted molar refractivity (Wildman–Crippen MR) is 58.1 cm³/mol. The predicted octanol–water partition coefficient (Wildman–Crippen LogP) is 1.30. The average molecular weight is 246 g/mol. The summed E-state index contributed by atoms with van der Waals surface area (Å²) in [4.78, 5) is 13.8. The van der Waals surface area contributed by atoms with E-state index in [1.54, 1.807) is 0 Å². The number of nitro groups is 1. The highest BCUT2D eigenvalue weighted by atomic mass is 19.3. The van der Waals surface area contributed by atoms with E-state index >= 15 is 0 Å². The Kier molecular flexibility index (Phi) is 3.89. The number of nitrogens with one attached hydrogen (secondary N) is 1. The maximum atomic E-state index is 12.9. The normalized spacial score (nSPS) is 11.3. The highest BCUT2D eigenvalue weighted by molar-refractivity contribution is 5.59. The van der Waals surface area contributed by atoms with Gasteiger partial charge in [-0.05, 0) is 13.0 Å². The Morgan fingerprint density at radius 1 is 1.65 bits per heavy atom. The highest BCUT2D eigenvalue weighted by Crippen LogP contribution is 2.26. The Hall–Kier alpha value is -1.83. The molecule has 0 fully saturated rings. The van der Waals surface area contributed by atoms with Crippen LogP contribution in [-0.2, 0) is 0 Å². The van der Waals surface area contributed by atoms with Gasteiger partial charge in [-0.3, -0.25) is 10.1 Å². The van der Waals surface area contributed by atoms with Crippen molar-refractivity contribution in [2.24, 2.45) is 5.73 Å². The molecule has 94 valence electrons. The number of aryl methyl sites for hydroxylation is 1. The molecule has 0 atom stereocenters. The van der Waals surface area contributed by atoms with E-state index in [9.17, 15) is 18.9 Å². The van der Waals surface area contributed by atoms with Crippen LogP contribution in [0.5, 0.6) is 0 Å². The summed E-state index contributed by atoms with van der Waals surface area (Å²) in [7, 11) is 0. The largest absolute Gasteiger partial charge is 0.358 e. The number of hydrogen-bond donors (Lipinski definition) is 2. The number of hydrogen-bond acceptors (Lipinski definition) is 5. The lowest BCUT2D eigenvalue weighted by Crippen LogP contribution is -2.35. The summed E-state index contributed by atoms with van der Waals surface area (Å²) < 4.78 is 25.8. The molecule has 0 amide bonds. The van der Waals surface area contributed by atoms with Crippen LogP contribution in [0.2, 0.25) is 0 Å². The molecule has 0 aromatic carbocycles. The number of alkyl halides is 2. The Bertz CT molecular complexity index is 425. The van der Waals surface area contributed by atoms with Gasteiger partial charge in [0.25, 0.3) is 5.92 Å². The number of anilines is 1. The summed E-state index contributed by atoms with van der Waals surface area (Å²) in [6.45, 7) is -0.119. The highest BCUT2D eigenvalue weighted by Gasteiger charge is 2.28.